The second-order valence-electron chi connectivity index (χ2n) is 15.5. The predicted octanol–water partition coefficient (Wildman–Crippen LogP) is 10.3. The van der Waals surface area contributed by atoms with Crippen molar-refractivity contribution in [2.45, 2.75) is 220 Å². The normalized spacial score (nSPS) is 12.8. The van der Waals surface area contributed by atoms with Crippen LogP contribution in [0.3, 0.4) is 0 Å². The Morgan fingerprint density at radius 2 is 0.712 bits per heavy atom. The summed E-state index contributed by atoms with van der Waals surface area (Å²) < 4.78 is 11.9. The fourth-order valence-corrected chi connectivity index (χ4v) is 7.01. The van der Waals surface area contributed by atoms with Gasteiger partial charge in [0.1, 0.15) is 12.2 Å². The van der Waals surface area contributed by atoms with E-state index in [1.807, 2.05) is 0 Å². The first kappa shape index (κ1) is 50.8. The quantitative estimate of drug-likeness (QED) is 0.0471. The molecule has 0 bridgehead atoms. The molecule has 0 amide bonds. The second-order valence-corrected chi connectivity index (χ2v) is 15.5. The number of carbonyl (C=O) groups excluding carboxylic acids is 2. The molecule has 0 aliphatic heterocycles. The summed E-state index contributed by atoms with van der Waals surface area (Å²) in [5, 5.41) is 0. The highest BCUT2D eigenvalue weighted by Gasteiger charge is 2.16. The monoisotopic (exact) mass is 739 g/mol. The van der Waals surface area contributed by atoms with Crippen LogP contribution in [0.1, 0.15) is 207 Å². The zero-order valence-corrected chi connectivity index (χ0v) is 35.3. The largest absolute Gasteiger partial charge is 0.462 e. The number of carbonyl (C=O) groups is 2. The first-order valence-corrected chi connectivity index (χ1v) is 22.7. The standard InChI is InChI=1S/C44H90N4O4/c1-5-9-13-15-17-29-41(27-11-7-3)51-43(49)31-19-21-35-47(39-25-33-45)37-23-24-38-48(40-26-34-46)36-22-20-32-44(50)52-42(28-12-8-4)30-18-16-14-10-6-2/h41-42H,5-40,45-46H2,1-4H3. The van der Waals surface area contributed by atoms with Crippen molar-refractivity contribution in [3.05, 3.63) is 0 Å². The zero-order valence-electron chi connectivity index (χ0n) is 35.3. The molecule has 0 aromatic carbocycles. The van der Waals surface area contributed by atoms with E-state index in [1.165, 1.54) is 51.4 Å². The van der Waals surface area contributed by atoms with Crippen LogP contribution in [-0.4, -0.2) is 86.3 Å². The summed E-state index contributed by atoms with van der Waals surface area (Å²) in [5.41, 5.74) is 11.7. The minimum Gasteiger partial charge on any atom is -0.462 e. The molecule has 0 fully saturated rings. The molecule has 0 rings (SSSR count). The van der Waals surface area contributed by atoms with Gasteiger partial charge in [-0.3, -0.25) is 9.59 Å². The topological polar surface area (TPSA) is 111 Å². The molecule has 0 heterocycles. The van der Waals surface area contributed by atoms with E-state index in [-0.39, 0.29) is 24.1 Å². The Morgan fingerprint density at radius 3 is 1.06 bits per heavy atom. The molecule has 8 heteroatoms. The average molecular weight is 739 g/mol. The van der Waals surface area contributed by atoms with Gasteiger partial charge < -0.3 is 30.7 Å². The molecule has 0 aliphatic rings. The summed E-state index contributed by atoms with van der Waals surface area (Å²) in [6, 6.07) is 0. The summed E-state index contributed by atoms with van der Waals surface area (Å²) in [6.45, 7) is 16.5. The highest BCUT2D eigenvalue weighted by atomic mass is 16.5. The summed E-state index contributed by atoms with van der Waals surface area (Å²) in [7, 11) is 0. The number of esters is 2. The van der Waals surface area contributed by atoms with Gasteiger partial charge in [-0.1, -0.05) is 105 Å². The van der Waals surface area contributed by atoms with Crippen LogP contribution in [-0.2, 0) is 19.1 Å². The van der Waals surface area contributed by atoms with Crippen molar-refractivity contribution in [3.8, 4) is 0 Å². The van der Waals surface area contributed by atoms with Crippen LogP contribution in [0.4, 0.5) is 0 Å². The predicted molar refractivity (Wildman–Crippen MR) is 223 cm³/mol. The number of ether oxygens (including phenoxy) is 2. The Morgan fingerprint density at radius 1 is 0.404 bits per heavy atom. The van der Waals surface area contributed by atoms with Gasteiger partial charge in [-0.15, -0.1) is 0 Å². The third-order valence-electron chi connectivity index (χ3n) is 10.4. The molecule has 0 spiro atoms. The van der Waals surface area contributed by atoms with E-state index >= 15 is 0 Å². The fourth-order valence-electron chi connectivity index (χ4n) is 7.01. The molecule has 0 radical (unpaired) electrons. The lowest BCUT2D eigenvalue weighted by Crippen LogP contribution is -2.31. The molecule has 2 atom stereocenters. The third-order valence-corrected chi connectivity index (χ3v) is 10.4. The maximum Gasteiger partial charge on any atom is 0.306 e. The number of unbranched alkanes of at least 4 members (excludes halogenated alkanes) is 13. The summed E-state index contributed by atoms with van der Waals surface area (Å²) in [5.74, 6) is -0.0241. The lowest BCUT2D eigenvalue weighted by atomic mass is 10.0. The third kappa shape index (κ3) is 33.4. The lowest BCUT2D eigenvalue weighted by Gasteiger charge is -2.25. The number of rotatable bonds is 41. The summed E-state index contributed by atoms with van der Waals surface area (Å²) in [6.07, 6.45) is 30.4. The van der Waals surface area contributed by atoms with Crippen LogP contribution in [0.2, 0.25) is 0 Å². The van der Waals surface area contributed by atoms with E-state index in [0.29, 0.717) is 25.9 Å². The molecule has 0 saturated heterocycles. The Labute approximate surface area is 323 Å². The molecule has 0 aromatic heterocycles. The van der Waals surface area contributed by atoms with Crippen LogP contribution >= 0.6 is 0 Å². The maximum absolute atomic E-state index is 12.7. The Kier molecular flexibility index (Phi) is 38.5. The van der Waals surface area contributed by atoms with E-state index < -0.39 is 0 Å². The first-order valence-electron chi connectivity index (χ1n) is 22.7. The van der Waals surface area contributed by atoms with Crippen molar-refractivity contribution < 1.29 is 19.1 Å². The van der Waals surface area contributed by atoms with E-state index in [2.05, 4.69) is 37.5 Å². The molecule has 8 nitrogen and oxygen atoms in total. The van der Waals surface area contributed by atoms with Gasteiger partial charge >= 0.3 is 11.9 Å². The van der Waals surface area contributed by atoms with Gasteiger partial charge in [0.15, 0.2) is 0 Å². The van der Waals surface area contributed by atoms with Crippen LogP contribution in [0.5, 0.6) is 0 Å². The molecule has 4 N–H and O–H groups in total. The molecule has 0 saturated carbocycles. The van der Waals surface area contributed by atoms with Crippen LogP contribution in [0.25, 0.3) is 0 Å². The second kappa shape index (κ2) is 39.5. The van der Waals surface area contributed by atoms with Gasteiger partial charge in [0.25, 0.3) is 0 Å². The Balaban J connectivity index is 4.52. The van der Waals surface area contributed by atoms with Crippen molar-refractivity contribution >= 4 is 11.9 Å². The Hall–Kier alpha value is -1.22. The van der Waals surface area contributed by atoms with Crippen LogP contribution < -0.4 is 11.5 Å². The van der Waals surface area contributed by atoms with Crippen molar-refractivity contribution in [2.24, 2.45) is 11.5 Å². The van der Waals surface area contributed by atoms with Gasteiger partial charge in [0, 0.05) is 12.8 Å². The zero-order chi connectivity index (χ0) is 38.3. The molecule has 0 aromatic rings. The first-order chi connectivity index (χ1) is 25.4. The molecule has 2 unspecified atom stereocenters. The van der Waals surface area contributed by atoms with Crippen LogP contribution in [0.15, 0.2) is 0 Å². The smallest absolute Gasteiger partial charge is 0.306 e. The lowest BCUT2D eigenvalue weighted by molar-refractivity contribution is -0.151. The number of nitrogens with zero attached hydrogens (tertiary/aromatic N) is 2. The number of hydrogen-bond acceptors (Lipinski definition) is 8. The van der Waals surface area contributed by atoms with E-state index in [9.17, 15) is 9.59 Å². The summed E-state index contributed by atoms with van der Waals surface area (Å²) >= 11 is 0. The average Bonchev–Trinajstić information content (AvgIpc) is 3.14. The SMILES string of the molecule is CCCCCCCC(CCCC)OC(=O)CCCCN(CCCN)CCCCN(CCCN)CCCCC(=O)OC(CCCC)CCCCCCC. The minimum absolute atomic E-state index is 0.0121. The maximum atomic E-state index is 12.7. The van der Waals surface area contributed by atoms with Gasteiger partial charge in [-0.25, -0.2) is 0 Å². The highest BCUT2D eigenvalue weighted by molar-refractivity contribution is 5.69. The van der Waals surface area contributed by atoms with Gasteiger partial charge in [0.2, 0.25) is 0 Å². The van der Waals surface area contributed by atoms with Crippen molar-refractivity contribution in [1.82, 2.24) is 9.80 Å². The van der Waals surface area contributed by atoms with Crippen LogP contribution in [0, 0.1) is 0 Å². The summed E-state index contributed by atoms with van der Waals surface area (Å²) in [4.78, 5) is 30.5. The Bertz CT molecular complexity index is 709. The van der Waals surface area contributed by atoms with E-state index in [0.717, 1.165) is 155 Å². The van der Waals surface area contributed by atoms with Gasteiger partial charge in [0.05, 0.1) is 0 Å². The molecule has 310 valence electrons. The molecule has 0 aliphatic carbocycles. The fraction of sp³-hybridized carbons (Fsp3) is 0.955. The molecular weight excluding hydrogens is 649 g/mol. The molecule has 52 heavy (non-hydrogen) atoms. The van der Waals surface area contributed by atoms with Crippen molar-refractivity contribution in [1.29, 1.82) is 0 Å². The number of nitrogens with two attached hydrogens (primary N) is 2. The van der Waals surface area contributed by atoms with E-state index in [1.54, 1.807) is 0 Å². The van der Waals surface area contributed by atoms with Crippen molar-refractivity contribution in [2.75, 3.05) is 52.4 Å². The van der Waals surface area contributed by atoms with E-state index in [4.69, 9.17) is 20.9 Å². The minimum atomic E-state index is -0.0121. The number of hydrogen-bond donors (Lipinski definition) is 2. The molecular formula is C44H90N4O4. The van der Waals surface area contributed by atoms with Gasteiger partial charge in [-0.2, -0.15) is 0 Å². The highest BCUT2D eigenvalue weighted by Crippen LogP contribution is 2.18. The van der Waals surface area contributed by atoms with Gasteiger partial charge in [-0.05, 0) is 142 Å². The van der Waals surface area contributed by atoms with Crippen molar-refractivity contribution in [3.63, 3.8) is 0 Å².